The van der Waals surface area contributed by atoms with Crippen molar-refractivity contribution in [2.45, 2.75) is 13.8 Å². The monoisotopic (exact) mass is 178 g/mol. The van der Waals surface area contributed by atoms with Gasteiger partial charge >= 0.3 is 0 Å². The lowest BCUT2D eigenvalue weighted by atomic mass is 10.6. The Morgan fingerprint density at radius 2 is 1.30 bits per heavy atom. The largest absolute Gasteiger partial charge is 0.151 e. The van der Waals surface area contributed by atoms with E-state index in [1.807, 2.05) is 13.8 Å². The van der Waals surface area contributed by atoms with E-state index in [1.165, 1.54) is 0 Å². The molecule has 0 unspecified atom stereocenters. The zero-order chi connectivity index (χ0) is 7.98. The molecule has 1 rings (SSSR count). The molecule has 0 aliphatic carbocycles. The van der Waals surface area contributed by atoms with Gasteiger partial charge in [-0.2, -0.15) is 0 Å². The molecule has 2 nitrogen and oxygen atoms in total. The second kappa shape index (κ2) is 5.45. The average Bonchev–Trinajstić information content (AvgIpc) is 2.00. The number of hydrogen-bond donors (Lipinski definition) is 0. The highest BCUT2D eigenvalue weighted by molar-refractivity contribution is 6.31. The van der Waals surface area contributed by atoms with Crippen molar-refractivity contribution in [3.8, 4) is 0 Å². The van der Waals surface area contributed by atoms with Crippen LogP contribution in [0.25, 0.3) is 0 Å². The SMILES string of the molecule is CC.Clc1ccc(Cl)nn1. The number of halogens is 2. The fraction of sp³-hybridized carbons (Fsp3) is 0.333. The maximum atomic E-state index is 5.38. The number of rotatable bonds is 0. The number of nitrogens with zero attached hydrogens (tertiary/aromatic N) is 2. The van der Waals surface area contributed by atoms with Gasteiger partial charge in [-0.25, -0.2) is 0 Å². The number of hydrogen-bond acceptors (Lipinski definition) is 2. The third-order valence-electron chi connectivity index (χ3n) is 0.599. The van der Waals surface area contributed by atoms with Gasteiger partial charge in [0.1, 0.15) is 0 Å². The van der Waals surface area contributed by atoms with E-state index >= 15 is 0 Å². The van der Waals surface area contributed by atoms with E-state index in [0.717, 1.165) is 0 Å². The molecule has 4 heteroatoms. The molecule has 0 fully saturated rings. The lowest BCUT2D eigenvalue weighted by molar-refractivity contribution is 1.03. The van der Waals surface area contributed by atoms with Crippen LogP contribution >= 0.6 is 23.2 Å². The molecule has 0 atom stereocenters. The fourth-order valence-corrected chi connectivity index (χ4v) is 0.501. The molecular weight excluding hydrogens is 171 g/mol. The van der Waals surface area contributed by atoms with Gasteiger partial charge in [0, 0.05) is 0 Å². The first-order valence-electron chi connectivity index (χ1n) is 2.94. The van der Waals surface area contributed by atoms with Crippen LogP contribution in [0, 0.1) is 0 Å². The quantitative estimate of drug-likeness (QED) is 0.611. The molecular formula is C6H8Cl2N2. The molecule has 0 saturated carbocycles. The van der Waals surface area contributed by atoms with E-state index in [4.69, 9.17) is 23.2 Å². The van der Waals surface area contributed by atoms with Gasteiger partial charge in [-0.15, -0.1) is 10.2 Å². The molecule has 0 aliphatic heterocycles. The molecule has 0 aliphatic rings. The highest BCUT2D eigenvalue weighted by atomic mass is 35.5. The Morgan fingerprint density at radius 3 is 1.50 bits per heavy atom. The summed E-state index contributed by atoms with van der Waals surface area (Å²) in [5, 5.41) is 7.64. The van der Waals surface area contributed by atoms with Crippen LogP contribution in [0.4, 0.5) is 0 Å². The van der Waals surface area contributed by atoms with Crippen LogP contribution in [0.2, 0.25) is 10.3 Å². The van der Waals surface area contributed by atoms with E-state index in [2.05, 4.69) is 10.2 Å². The van der Waals surface area contributed by atoms with Crippen molar-refractivity contribution in [1.82, 2.24) is 10.2 Å². The second-order valence-electron chi connectivity index (χ2n) is 1.18. The molecule has 1 heterocycles. The zero-order valence-electron chi connectivity index (χ0n) is 5.81. The minimum absolute atomic E-state index is 0.356. The van der Waals surface area contributed by atoms with E-state index in [9.17, 15) is 0 Å². The lowest BCUT2D eigenvalue weighted by Gasteiger charge is -1.83. The number of aromatic nitrogens is 2. The summed E-state index contributed by atoms with van der Waals surface area (Å²) in [5.74, 6) is 0. The maximum Gasteiger partial charge on any atom is 0.151 e. The third-order valence-corrected chi connectivity index (χ3v) is 1.00. The average molecular weight is 179 g/mol. The topological polar surface area (TPSA) is 25.8 Å². The van der Waals surface area contributed by atoms with Gasteiger partial charge in [0.25, 0.3) is 0 Å². The van der Waals surface area contributed by atoms with Gasteiger partial charge < -0.3 is 0 Å². The van der Waals surface area contributed by atoms with E-state index in [-0.39, 0.29) is 0 Å². The Kier molecular flexibility index (Phi) is 5.26. The van der Waals surface area contributed by atoms with Crippen LogP contribution in [0.3, 0.4) is 0 Å². The highest BCUT2D eigenvalue weighted by Gasteiger charge is 1.87. The van der Waals surface area contributed by atoms with Crippen molar-refractivity contribution in [2.24, 2.45) is 0 Å². The second-order valence-corrected chi connectivity index (χ2v) is 1.95. The predicted molar refractivity (Wildman–Crippen MR) is 43.4 cm³/mol. The maximum absolute atomic E-state index is 5.38. The standard InChI is InChI=1S/C4H2Cl2N2.C2H6/c5-3-1-2-4(6)8-7-3;1-2/h1-2H;1-2H3. The summed E-state index contributed by atoms with van der Waals surface area (Å²) in [5.41, 5.74) is 0. The van der Waals surface area contributed by atoms with Gasteiger partial charge in [0.05, 0.1) is 0 Å². The Bertz CT molecular complexity index is 153. The van der Waals surface area contributed by atoms with Gasteiger partial charge in [-0.05, 0) is 12.1 Å². The van der Waals surface area contributed by atoms with Crippen molar-refractivity contribution in [2.75, 3.05) is 0 Å². The summed E-state index contributed by atoms with van der Waals surface area (Å²) in [4.78, 5) is 0. The molecule has 0 spiro atoms. The van der Waals surface area contributed by atoms with Gasteiger partial charge in [-0.3, -0.25) is 0 Å². The van der Waals surface area contributed by atoms with Crippen molar-refractivity contribution in [1.29, 1.82) is 0 Å². The molecule has 10 heavy (non-hydrogen) atoms. The van der Waals surface area contributed by atoms with Crippen LogP contribution in [-0.2, 0) is 0 Å². The summed E-state index contributed by atoms with van der Waals surface area (Å²) >= 11 is 10.8. The van der Waals surface area contributed by atoms with E-state index in [0.29, 0.717) is 10.3 Å². The van der Waals surface area contributed by atoms with Crippen molar-refractivity contribution < 1.29 is 0 Å². The Balaban J connectivity index is 0.000000371. The van der Waals surface area contributed by atoms with Crippen LogP contribution in [0.5, 0.6) is 0 Å². The van der Waals surface area contributed by atoms with Crippen molar-refractivity contribution in [3.63, 3.8) is 0 Å². The molecule has 56 valence electrons. The highest BCUT2D eigenvalue weighted by Crippen LogP contribution is 2.05. The first kappa shape index (κ1) is 9.66. The summed E-state index contributed by atoms with van der Waals surface area (Å²) in [6.07, 6.45) is 0. The van der Waals surface area contributed by atoms with Crippen molar-refractivity contribution in [3.05, 3.63) is 22.4 Å². The molecule has 0 radical (unpaired) electrons. The van der Waals surface area contributed by atoms with Crippen LogP contribution < -0.4 is 0 Å². The van der Waals surface area contributed by atoms with Crippen molar-refractivity contribution >= 4 is 23.2 Å². The molecule has 0 bridgehead atoms. The minimum atomic E-state index is 0.356. The molecule has 1 aromatic heterocycles. The first-order chi connectivity index (χ1) is 4.79. The summed E-state index contributed by atoms with van der Waals surface area (Å²) in [7, 11) is 0. The van der Waals surface area contributed by atoms with E-state index < -0.39 is 0 Å². The molecule has 0 amide bonds. The molecule has 1 aromatic rings. The summed E-state index contributed by atoms with van der Waals surface area (Å²) in [6, 6.07) is 3.16. The van der Waals surface area contributed by atoms with Crippen LogP contribution in [0.1, 0.15) is 13.8 Å². The fourth-order valence-electron chi connectivity index (χ4n) is 0.300. The Labute approximate surface area is 70.2 Å². The Morgan fingerprint density at radius 1 is 1.00 bits per heavy atom. The minimum Gasteiger partial charge on any atom is -0.137 e. The third kappa shape index (κ3) is 3.64. The smallest absolute Gasteiger partial charge is 0.137 e. The molecule has 0 aromatic carbocycles. The molecule has 0 N–H and O–H groups in total. The Hall–Kier alpha value is -0.340. The van der Waals surface area contributed by atoms with Gasteiger partial charge in [-0.1, -0.05) is 37.0 Å². The summed E-state index contributed by atoms with van der Waals surface area (Å²) < 4.78 is 0. The van der Waals surface area contributed by atoms with Gasteiger partial charge in [0.15, 0.2) is 10.3 Å². The van der Waals surface area contributed by atoms with Gasteiger partial charge in [0.2, 0.25) is 0 Å². The van der Waals surface area contributed by atoms with E-state index in [1.54, 1.807) is 12.1 Å². The zero-order valence-corrected chi connectivity index (χ0v) is 7.32. The normalized spacial score (nSPS) is 8.00. The van der Waals surface area contributed by atoms with Crippen LogP contribution in [-0.4, -0.2) is 10.2 Å². The lowest BCUT2D eigenvalue weighted by Crippen LogP contribution is -1.78. The van der Waals surface area contributed by atoms with Crippen LogP contribution in [0.15, 0.2) is 12.1 Å². The predicted octanol–water partition coefficient (Wildman–Crippen LogP) is 2.81. The molecule has 0 saturated heterocycles. The summed E-state index contributed by atoms with van der Waals surface area (Å²) in [6.45, 7) is 4.00. The first-order valence-corrected chi connectivity index (χ1v) is 3.69.